The summed E-state index contributed by atoms with van der Waals surface area (Å²) in [6.45, 7) is 7.81. The molecule has 8 nitrogen and oxygen atoms in total. The summed E-state index contributed by atoms with van der Waals surface area (Å²) in [6.07, 6.45) is 0.437. The number of carbonyl (C=O) groups is 1. The van der Waals surface area contributed by atoms with Gasteiger partial charge in [-0.05, 0) is 82.1 Å². The van der Waals surface area contributed by atoms with Gasteiger partial charge in [0.15, 0.2) is 0 Å². The molecule has 4 aromatic rings. The molecule has 1 atom stereocenters. The lowest BCUT2D eigenvalue weighted by atomic mass is 9.76. The monoisotopic (exact) mass is 612 g/mol. The van der Waals surface area contributed by atoms with Crippen molar-refractivity contribution >= 4 is 58.0 Å². The SMILES string of the molecule is CNC(=O)c1c(-c2ccc(F)cc2)oc2cc(N(CCc3ccc(Cl)cc3)S(=O)O)c(B3OC(C)(C)C(C)(C)O3)cc12. The van der Waals surface area contributed by atoms with Crippen molar-refractivity contribution in [1.82, 2.24) is 5.32 Å². The van der Waals surface area contributed by atoms with E-state index in [-0.39, 0.29) is 17.9 Å². The van der Waals surface area contributed by atoms with Crippen LogP contribution in [0.1, 0.15) is 43.6 Å². The predicted octanol–water partition coefficient (Wildman–Crippen LogP) is 5.74. The summed E-state index contributed by atoms with van der Waals surface area (Å²) in [6, 6.07) is 16.2. The zero-order valence-corrected chi connectivity index (χ0v) is 25.4. The second kappa shape index (κ2) is 11.5. The maximum atomic E-state index is 13.7. The van der Waals surface area contributed by atoms with Crippen molar-refractivity contribution in [1.29, 1.82) is 0 Å². The number of benzene rings is 3. The van der Waals surface area contributed by atoms with Gasteiger partial charge in [0.25, 0.3) is 17.2 Å². The smallest absolute Gasteiger partial charge is 0.455 e. The Morgan fingerprint density at radius 1 is 1.05 bits per heavy atom. The highest BCUT2D eigenvalue weighted by molar-refractivity contribution is 7.80. The highest BCUT2D eigenvalue weighted by Gasteiger charge is 2.53. The van der Waals surface area contributed by atoms with Crippen LogP contribution in [-0.2, 0) is 27.0 Å². The van der Waals surface area contributed by atoms with Crippen molar-refractivity contribution in [2.75, 3.05) is 17.9 Å². The van der Waals surface area contributed by atoms with E-state index in [9.17, 15) is 17.9 Å². The van der Waals surface area contributed by atoms with Crippen LogP contribution in [-0.4, -0.2) is 46.6 Å². The molecule has 220 valence electrons. The van der Waals surface area contributed by atoms with E-state index in [0.717, 1.165) is 5.56 Å². The second-order valence-corrected chi connectivity index (χ2v) is 12.4. The fourth-order valence-electron chi connectivity index (χ4n) is 4.84. The molecule has 1 saturated heterocycles. The van der Waals surface area contributed by atoms with Crippen LogP contribution in [0.2, 0.25) is 5.02 Å². The number of rotatable bonds is 8. The van der Waals surface area contributed by atoms with Crippen molar-refractivity contribution < 1.29 is 31.7 Å². The molecule has 12 heteroatoms. The highest BCUT2D eigenvalue weighted by atomic mass is 35.5. The Morgan fingerprint density at radius 2 is 1.67 bits per heavy atom. The van der Waals surface area contributed by atoms with E-state index < -0.39 is 41.3 Å². The van der Waals surface area contributed by atoms with Crippen molar-refractivity contribution in [3.05, 3.63) is 82.6 Å². The third-order valence-electron chi connectivity index (χ3n) is 7.88. The molecule has 1 amide bonds. The van der Waals surface area contributed by atoms with Crippen LogP contribution in [0.15, 0.2) is 65.1 Å². The normalized spacial score (nSPS) is 16.5. The molecule has 0 spiro atoms. The Bertz CT molecular complexity index is 1640. The number of hydrogen-bond donors (Lipinski definition) is 2. The minimum Gasteiger partial charge on any atom is -0.455 e. The molecule has 1 fully saturated rings. The molecule has 2 N–H and O–H groups in total. The number of nitrogens with one attached hydrogen (secondary N) is 1. The lowest BCUT2D eigenvalue weighted by Gasteiger charge is -2.32. The molecule has 1 aliphatic rings. The molecule has 0 aliphatic carbocycles. The van der Waals surface area contributed by atoms with E-state index in [1.165, 1.54) is 35.6 Å². The van der Waals surface area contributed by atoms with Crippen molar-refractivity contribution in [2.24, 2.45) is 0 Å². The molecule has 5 rings (SSSR count). The van der Waals surface area contributed by atoms with E-state index in [1.807, 2.05) is 39.8 Å². The Morgan fingerprint density at radius 3 is 2.24 bits per heavy atom. The van der Waals surface area contributed by atoms with Gasteiger partial charge in [-0.15, -0.1) is 0 Å². The fraction of sp³-hybridized carbons (Fsp3) is 0.300. The van der Waals surface area contributed by atoms with E-state index >= 15 is 0 Å². The molecule has 3 aromatic carbocycles. The van der Waals surface area contributed by atoms with Crippen LogP contribution in [0.4, 0.5) is 10.1 Å². The summed E-state index contributed by atoms with van der Waals surface area (Å²) in [5, 5.41) is 3.69. The molecular formula is C30H31BClFN2O6S. The van der Waals surface area contributed by atoms with Crippen molar-refractivity contribution in [2.45, 2.75) is 45.3 Å². The van der Waals surface area contributed by atoms with Gasteiger partial charge in [-0.25, -0.2) is 8.60 Å². The number of nitrogens with zero attached hydrogens (tertiary/aromatic N) is 1. The number of carbonyl (C=O) groups excluding carboxylic acids is 1. The van der Waals surface area contributed by atoms with Gasteiger partial charge in [-0.1, -0.05) is 23.7 Å². The lowest BCUT2D eigenvalue weighted by Crippen LogP contribution is -2.41. The summed E-state index contributed by atoms with van der Waals surface area (Å²) in [7, 11) is 0.588. The van der Waals surface area contributed by atoms with Gasteiger partial charge in [0.1, 0.15) is 17.2 Å². The summed E-state index contributed by atoms with van der Waals surface area (Å²) < 4.78 is 57.3. The lowest BCUT2D eigenvalue weighted by molar-refractivity contribution is 0.00578. The molecule has 0 bridgehead atoms. The van der Waals surface area contributed by atoms with Gasteiger partial charge >= 0.3 is 7.12 Å². The first kappa shape index (κ1) is 30.2. The van der Waals surface area contributed by atoms with Gasteiger partial charge in [0, 0.05) is 41.1 Å². The third-order valence-corrected chi connectivity index (χ3v) is 8.89. The van der Waals surface area contributed by atoms with E-state index in [0.29, 0.717) is 39.1 Å². The zero-order valence-electron chi connectivity index (χ0n) is 23.9. The summed E-state index contributed by atoms with van der Waals surface area (Å²) in [4.78, 5) is 13.2. The Labute approximate surface area is 251 Å². The maximum absolute atomic E-state index is 13.7. The molecule has 2 heterocycles. The molecular weight excluding hydrogens is 582 g/mol. The first-order valence-electron chi connectivity index (χ1n) is 13.4. The Kier molecular flexibility index (Phi) is 8.26. The zero-order chi connectivity index (χ0) is 30.4. The Balaban J connectivity index is 1.70. The average Bonchev–Trinajstić information content (AvgIpc) is 3.41. The van der Waals surface area contributed by atoms with Gasteiger partial charge in [0.2, 0.25) is 0 Å². The van der Waals surface area contributed by atoms with Crippen LogP contribution < -0.4 is 15.1 Å². The molecule has 0 saturated carbocycles. The van der Waals surface area contributed by atoms with Crippen LogP contribution in [0.3, 0.4) is 0 Å². The minimum atomic E-state index is -2.44. The summed E-state index contributed by atoms with van der Waals surface area (Å²) in [5.74, 6) is -0.603. The number of hydrogen-bond acceptors (Lipinski definition) is 5. The van der Waals surface area contributed by atoms with E-state index in [2.05, 4.69) is 5.32 Å². The highest BCUT2D eigenvalue weighted by Crippen LogP contribution is 2.40. The standard InChI is InChI=1S/C30H31BClFN2O6S/c1-29(2)30(3,4)41-31(40-29)23-16-22-25(39-27(26(22)28(36)34-5)19-8-12-21(33)13-9-19)17-24(23)35(42(37)38)15-14-18-6-10-20(32)11-7-18/h6-13,16-17H,14-15H2,1-5H3,(H,34,36)(H,37,38). The average molecular weight is 613 g/mol. The van der Waals surface area contributed by atoms with E-state index in [4.69, 9.17) is 25.3 Å². The first-order valence-corrected chi connectivity index (χ1v) is 14.8. The third kappa shape index (κ3) is 5.72. The molecule has 42 heavy (non-hydrogen) atoms. The van der Waals surface area contributed by atoms with Crippen LogP contribution in [0, 0.1) is 5.82 Å². The number of anilines is 1. The molecule has 1 aliphatic heterocycles. The second-order valence-electron chi connectivity index (χ2n) is 11.1. The molecule has 0 radical (unpaired) electrons. The number of fused-ring (bicyclic) bond motifs is 1. The van der Waals surface area contributed by atoms with Crippen LogP contribution in [0.25, 0.3) is 22.3 Å². The van der Waals surface area contributed by atoms with Gasteiger partial charge in [0.05, 0.1) is 22.5 Å². The Hall–Kier alpha value is -3.22. The van der Waals surface area contributed by atoms with Crippen molar-refractivity contribution in [3.8, 4) is 11.3 Å². The molecule has 1 unspecified atom stereocenters. The predicted molar refractivity (Wildman–Crippen MR) is 164 cm³/mol. The van der Waals surface area contributed by atoms with Crippen LogP contribution in [0.5, 0.6) is 0 Å². The van der Waals surface area contributed by atoms with Gasteiger partial charge in [-0.2, -0.15) is 0 Å². The number of furan rings is 1. The summed E-state index contributed by atoms with van der Waals surface area (Å²) >= 11 is 3.59. The number of halogens is 2. The quantitative estimate of drug-likeness (QED) is 0.195. The summed E-state index contributed by atoms with van der Waals surface area (Å²) in [5.41, 5.74) is 1.36. The maximum Gasteiger partial charge on any atom is 0.497 e. The van der Waals surface area contributed by atoms with Gasteiger partial charge < -0.3 is 19.0 Å². The minimum absolute atomic E-state index is 0.163. The topological polar surface area (TPSA) is 101 Å². The van der Waals surface area contributed by atoms with Crippen LogP contribution >= 0.6 is 11.6 Å². The molecule has 1 aromatic heterocycles. The van der Waals surface area contributed by atoms with E-state index in [1.54, 1.807) is 24.3 Å². The van der Waals surface area contributed by atoms with Gasteiger partial charge in [-0.3, -0.25) is 13.7 Å². The number of amides is 1. The first-order chi connectivity index (χ1) is 19.8. The largest absolute Gasteiger partial charge is 0.497 e. The van der Waals surface area contributed by atoms with Crippen molar-refractivity contribution in [3.63, 3.8) is 0 Å². The fourth-order valence-corrected chi connectivity index (χ4v) is 5.54.